The van der Waals surface area contributed by atoms with Crippen molar-refractivity contribution in [1.29, 1.82) is 0 Å². The largest absolute Gasteiger partial charge is 0.493 e. The van der Waals surface area contributed by atoms with Gasteiger partial charge in [0.15, 0.2) is 0 Å². The molecule has 1 aromatic rings. The number of rotatable bonds is 7. The molecule has 1 N–H and O–H groups in total. The topological polar surface area (TPSA) is 21.3 Å². The minimum atomic E-state index is -0.268. The SMILES string of the molecule is C=CCCCOc1cc(F)ccc1C(C)NC. The van der Waals surface area contributed by atoms with Gasteiger partial charge in [0.05, 0.1) is 6.61 Å². The minimum absolute atomic E-state index is 0.144. The molecule has 3 heteroatoms. The summed E-state index contributed by atoms with van der Waals surface area (Å²) in [6, 6.07) is 4.81. The first-order valence-corrected chi connectivity index (χ1v) is 5.89. The quantitative estimate of drug-likeness (QED) is 0.579. The van der Waals surface area contributed by atoms with E-state index >= 15 is 0 Å². The highest BCUT2D eigenvalue weighted by Crippen LogP contribution is 2.26. The molecule has 1 aromatic carbocycles. The molecule has 2 nitrogen and oxygen atoms in total. The average molecular weight is 237 g/mol. The van der Waals surface area contributed by atoms with Crippen molar-refractivity contribution in [2.75, 3.05) is 13.7 Å². The van der Waals surface area contributed by atoms with Gasteiger partial charge in [0.25, 0.3) is 0 Å². The Morgan fingerprint density at radius 3 is 2.94 bits per heavy atom. The van der Waals surface area contributed by atoms with Gasteiger partial charge < -0.3 is 10.1 Å². The van der Waals surface area contributed by atoms with Crippen molar-refractivity contribution in [3.05, 3.63) is 42.2 Å². The molecule has 0 heterocycles. The van der Waals surface area contributed by atoms with Gasteiger partial charge >= 0.3 is 0 Å². The molecular formula is C14H20FNO. The van der Waals surface area contributed by atoms with E-state index < -0.39 is 0 Å². The fourth-order valence-corrected chi connectivity index (χ4v) is 1.56. The third-order valence-corrected chi connectivity index (χ3v) is 2.69. The number of hydrogen-bond donors (Lipinski definition) is 1. The number of allylic oxidation sites excluding steroid dienone is 1. The van der Waals surface area contributed by atoms with Crippen molar-refractivity contribution in [1.82, 2.24) is 5.32 Å². The second-order valence-corrected chi connectivity index (χ2v) is 3.97. The van der Waals surface area contributed by atoms with E-state index in [-0.39, 0.29) is 11.9 Å². The van der Waals surface area contributed by atoms with Crippen LogP contribution in [-0.2, 0) is 0 Å². The second-order valence-electron chi connectivity index (χ2n) is 3.97. The second kappa shape index (κ2) is 7.07. The molecule has 0 aromatic heterocycles. The van der Waals surface area contributed by atoms with Crippen LogP contribution in [0.2, 0.25) is 0 Å². The molecule has 0 aliphatic heterocycles. The zero-order chi connectivity index (χ0) is 12.7. The Morgan fingerprint density at radius 2 is 2.29 bits per heavy atom. The van der Waals surface area contributed by atoms with Gasteiger partial charge in [-0.1, -0.05) is 12.1 Å². The maximum Gasteiger partial charge on any atom is 0.126 e. The Morgan fingerprint density at radius 1 is 1.53 bits per heavy atom. The van der Waals surface area contributed by atoms with Crippen molar-refractivity contribution in [3.63, 3.8) is 0 Å². The summed E-state index contributed by atoms with van der Waals surface area (Å²) in [6.45, 7) is 6.25. The summed E-state index contributed by atoms with van der Waals surface area (Å²) in [5, 5.41) is 3.12. The minimum Gasteiger partial charge on any atom is -0.493 e. The van der Waals surface area contributed by atoms with Crippen molar-refractivity contribution >= 4 is 0 Å². The first kappa shape index (κ1) is 13.7. The number of ether oxygens (including phenoxy) is 1. The number of hydrogen-bond acceptors (Lipinski definition) is 2. The summed E-state index contributed by atoms with van der Waals surface area (Å²) < 4.78 is 18.8. The van der Waals surface area contributed by atoms with E-state index in [1.165, 1.54) is 12.1 Å². The molecule has 0 saturated heterocycles. The highest BCUT2D eigenvalue weighted by atomic mass is 19.1. The summed E-state index contributed by atoms with van der Waals surface area (Å²) in [6.07, 6.45) is 3.66. The summed E-state index contributed by atoms with van der Waals surface area (Å²) in [4.78, 5) is 0. The molecule has 0 aliphatic carbocycles. The van der Waals surface area contributed by atoms with Crippen LogP contribution in [0.5, 0.6) is 5.75 Å². The number of halogens is 1. The van der Waals surface area contributed by atoms with Crippen LogP contribution in [0.4, 0.5) is 4.39 Å². The van der Waals surface area contributed by atoms with Gasteiger partial charge in [-0.25, -0.2) is 4.39 Å². The van der Waals surface area contributed by atoms with Gasteiger partial charge in [0.2, 0.25) is 0 Å². The van der Waals surface area contributed by atoms with Gasteiger partial charge in [-0.3, -0.25) is 0 Å². The van der Waals surface area contributed by atoms with E-state index in [0.29, 0.717) is 12.4 Å². The van der Waals surface area contributed by atoms with E-state index in [1.807, 2.05) is 20.0 Å². The lowest BCUT2D eigenvalue weighted by Gasteiger charge is -2.16. The van der Waals surface area contributed by atoms with E-state index in [9.17, 15) is 4.39 Å². The van der Waals surface area contributed by atoms with Gasteiger partial charge in [0, 0.05) is 17.7 Å². The van der Waals surface area contributed by atoms with E-state index in [4.69, 9.17) is 4.74 Å². The molecule has 0 saturated carbocycles. The van der Waals surface area contributed by atoms with Gasteiger partial charge in [0.1, 0.15) is 11.6 Å². The van der Waals surface area contributed by atoms with E-state index in [0.717, 1.165) is 18.4 Å². The Hall–Kier alpha value is -1.35. The van der Waals surface area contributed by atoms with Crippen molar-refractivity contribution in [2.24, 2.45) is 0 Å². The molecular weight excluding hydrogens is 217 g/mol. The molecule has 0 amide bonds. The van der Waals surface area contributed by atoms with Crippen molar-refractivity contribution in [3.8, 4) is 5.75 Å². The zero-order valence-corrected chi connectivity index (χ0v) is 10.5. The van der Waals surface area contributed by atoms with Crippen LogP contribution in [0.25, 0.3) is 0 Å². The normalized spacial score (nSPS) is 12.2. The van der Waals surface area contributed by atoms with E-state index in [1.54, 1.807) is 6.07 Å². The van der Waals surface area contributed by atoms with Crippen molar-refractivity contribution in [2.45, 2.75) is 25.8 Å². The molecule has 1 rings (SSSR count). The number of unbranched alkanes of at least 4 members (excludes halogenated alkanes) is 1. The van der Waals surface area contributed by atoms with Crippen LogP contribution in [0.3, 0.4) is 0 Å². The van der Waals surface area contributed by atoms with Crippen molar-refractivity contribution < 1.29 is 9.13 Å². The molecule has 17 heavy (non-hydrogen) atoms. The predicted molar refractivity (Wildman–Crippen MR) is 68.8 cm³/mol. The lowest BCUT2D eigenvalue weighted by atomic mass is 10.1. The highest BCUT2D eigenvalue weighted by molar-refractivity contribution is 5.36. The Labute approximate surface area is 102 Å². The molecule has 1 atom stereocenters. The lowest BCUT2D eigenvalue weighted by Crippen LogP contribution is -2.14. The maximum atomic E-state index is 13.2. The third kappa shape index (κ3) is 4.19. The molecule has 1 unspecified atom stereocenters. The van der Waals surface area contributed by atoms with Crippen LogP contribution in [-0.4, -0.2) is 13.7 Å². The monoisotopic (exact) mass is 237 g/mol. The van der Waals surface area contributed by atoms with Crippen LogP contribution >= 0.6 is 0 Å². The molecule has 0 fully saturated rings. The zero-order valence-electron chi connectivity index (χ0n) is 10.5. The Kier molecular flexibility index (Phi) is 5.70. The molecule has 0 radical (unpaired) electrons. The van der Waals surface area contributed by atoms with Crippen LogP contribution in [0.15, 0.2) is 30.9 Å². The number of benzene rings is 1. The smallest absolute Gasteiger partial charge is 0.126 e. The van der Waals surface area contributed by atoms with Crippen LogP contribution in [0, 0.1) is 5.82 Å². The average Bonchev–Trinajstić information content (AvgIpc) is 2.34. The van der Waals surface area contributed by atoms with Gasteiger partial charge in [-0.05, 0) is 32.9 Å². The summed E-state index contributed by atoms with van der Waals surface area (Å²) >= 11 is 0. The third-order valence-electron chi connectivity index (χ3n) is 2.69. The molecule has 0 aliphatic rings. The van der Waals surface area contributed by atoms with E-state index in [2.05, 4.69) is 11.9 Å². The highest BCUT2D eigenvalue weighted by Gasteiger charge is 2.10. The fourth-order valence-electron chi connectivity index (χ4n) is 1.56. The first-order chi connectivity index (χ1) is 8.19. The van der Waals surface area contributed by atoms with Gasteiger partial charge in [-0.15, -0.1) is 6.58 Å². The number of nitrogens with one attached hydrogen (secondary N) is 1. The Balaban J connectivity index is 2.72. The first-order valence-electron chi connectivity index (χ1n) is 5.89. The summed E-state index contributed by atoms with van der Waals surface area (Å²) in [5.74, 6) is 0.353. The molecule has 94 valence electrons. The standard InChI is InChI=1S/C14H20FNO/c1-4-5-6-9-17-14-10-12(15)7-8-13(14)11(2)16-3/h4,7-8,10-11,16H,1,5-6,9H2,2-3H3. The Bertz CT molecular complexity index is 365. The van der Waals surface area contributed by atoms with Gasteiger partial charge in [-0.2, -0.15) is 0 Å². The van der Waals surface area contributed by atoms with Crippen LogP contribution < -0.4 is 10.1 Å². The summed E-state index contributed by atoms with van der Waals surface area (Å²) in [7, 11) is 1.87. The molecule has 0 spiro atoms. The predicted octanol–water partition coefficient (Wildman–Crippen LogP) is 3.45. The maximum absolute atomic E-state index is 13.2. The lowest BCUT2D eigenvalue weighted by molar-refractivity contribution is 0.304. The fraction of sp³-hybridized carbons (Fsp3) is 0.429. The summed E-state index contributed by atoms with van der Waals surface area (Å²) in [5.41, 5.74) is 0.979. The van der Waals surface area contributed by atoms with Crippen LogP contribution in [0.1, 0.15) is 31.4 Å². The molecule has 0 bridgehead atoms.